The first-order chi connectivity index (χ1) is 20.6. The monoisotopic (exact) mass is 599 g/mol. The SMILES string of the molecule is CCOC(=O)CC[C@H]1CN(c2cc(F)c(N3CCN(C(=O)CN(C)C(=O)c4cn5cccnc5n4)CC3)c(F)c2)C(=O)O1. The molecule has 0 bridgehead atoms. The summed E-state index contributed by atoms with van der Waals surface area (Å²) in [6.07, 6.45) is 3.73. The maximum absolute atomic E-state index is 15.2. The highest BCUT2D eigenvalue weighted by molar-refractivity contribution is 5.95. The Morgan fingerprint density at radius 3 is 2.53 bits per heavy atom. The molecule has 13 nitrogen and oxygen atoms in total. The second kappa shape index (κ2) is 12.6. The number of rotatable bonds is 9. The fourth-order valence-corrected chi connectivity index (χ4v) is 5.09. The molecule has 0 saturated carbocycles. The highest BCUT2D eigenvalue weighted by atomic mass is 19.1. The van der Waals surface area contributed by atoms with E-state index in [-0.39, 0.29) is 81.7 Å². The van der Waals surface area contributed by atoms with Crippen molar-refractivity contribution in [3.63, 3.8) is 0 Å². The van der Waals surface area contributed by atoms with Crippen LogP contribution in [0.15, 0.2) is 36.8 Å². The summed E-state index contributed by atoms with van der Waals surface area (Å²) in [6.45, 7) is 2.50. The topological polar surface area (TPSA) is 130 Å². The number of ether oxygens (including phenoxy) is 2. The Morgan fingerprint density at radius 2 is 1.86 bits per heavy atom. The molecule has 2 fully saturated rings. The standard InChI is InChI=1S/C28H31F2N7O6/c1-3-42-24(39)6-5-19-15-37(28(41)43-19)18-13-20(29)25(21(30)14-18)35-11-9-34(10-12-35)23(38)17-33(2)26(40)22-16-36-8-4-7-31-27(36)32-22/h4,7-8,13-14,16,19H,3,5-6,9-12,15,17H2,1-2H3/t19-/m0/s1. The number of fused-ring (bicyclic) bond motifs is 1. The molecule has 2 aliphatic rings. The van der Waals surface area contributed by atoms with E-state index >= 15 is 8.78 Å². The Kier molecular flexibility index (Phi) is 8.68. The van der Waals surface area contributed by atoms with Gasteiger partial charge in [-0.2, -0.15) is 0 Å². The molecule has 0 spiro atoms. The van der Waals surface area contributed by atoms with Crippen molar-refractivity contribution < 1.29 is 37.4 Å². The Hall–Kier alpha value is -4.82. The lowest BCUT2D eigenvalue weighted by molar-refractivity contribution is -0.143. The van der Waals surface area contributed by atoms with E-state index in [2.05, 4.69) is 9.97 Å². The van der Waals surface area contributed by atoms with Crippen molar-refractivity contribution in [2.24, 2.45) is 0 Å². The number of hydrogen-bond acceptors (Lipinski definition) is 9. The van der Waals surface area contributed by atoms with Crippen LogP contribution in [0, 0.1) is 11.6 Å². The van der Waals surface area contributed by atoms with Gasteiger partial charge >= 0.3 is 12.1 Å². The van der Waals surface area contributed by atoms with Crippen molar-refractivity contribution in [2.45, 2.75) is 25.9 Å². The van der Waals surface area contributed by atoms with Gasteiger partial charge in [0.1, 0.15) is 17.5 Å². The fraction of sp³-hybridized carbons (Fsp3) is 0.429. The smallest absolute Gasteiger partial charge is 0.414 e. The van der Waals surface area contributed by atoms with Crippen LogP contribution < -0.4 is 9.80 Å². The molecular formula is C28H31F2N7O6. The van der Waals surface area contributed by atoms with Gasteiger partial charge in [-0.1, -0.05) is 0 Å². The van der Waals surface area contributed by atoms with Crippen LogP contribution in [0.4, 0.5) is 25.0 Å². The van der Waals surface area contributed by atoms with Gasteiger partial charge in [0.05, 0.1) is 25.4 Å². The molecule has 15 heteroatoms. The third-order valence-electron chi connectivity index (χ3n) is 7.29. The van der Waals surface area contributed by atoms with Crippen molar-refractivity contribution in [1.82, 2.24) is 24.2 Å². The molecule has 1 aromatic carbocycles. The Balaban J connectivity index is 1.15. The van der Waals surface area contributed by atoms with Crippen LogP contribution in [0.25, 0.3) is 5.78 Å². The summed E-state index contributed by atoms with van der Waals surface area (Å²) in [5.74, 6) is -2.51. The van der Waals surface area contributed by atoms with Gasteiger partial charge in [-0.3, -0.25) is 23.7 Å². The molecule has 228 valence electrons. The minimum Gasteiger partial charge on any atom is -0.466 e. The van der Waals surface area contributed by atoms with E-state index in [1.165, 1.54) is 27.9 Å². The summed E-state index contributed by atoms with van der Waals surface area (Å²) >= 11 is 0. The summed E-state index contributed by atoms with van der Waals surface area (Å²) in [6, 6.07) is 3.85. The average Bonchev–Trinajstić information content (AvgIpc) is 3.59. The van der Waals surface area contributed by atoms with Gasteiger partial charge in [0, 0.05) is 70.4 Å². The summed E-state index contributed by atoms with van der Waals surface area (Å²) in [4.78, 5) is 63.4. The van der Waals surface area contributed by atoms with Crippen molar-refractivity contribution in [3.8, 4) is 0 Å². The van der Waals surface area contributed by atoms with Gasteiger partial charge < -0.3 is 24.2 Å². The maximum atomic E-state index is 15.2. The van der Waals surface area contributed by atoms with E-state index in [9.17, 15) is 19.2 Å². The number of benzene rings is 1. The number of aromatic nitrogens is 3. The lowest BCUT2D eigenvalue weighted by atomic mass is 10.1. The van der Waals surface area contributed by atoms with E-state index in [1.807, 2.05) is 0 Å². The van der Waals surface area contributed by atoms with Gasteiger partial charge in [0.25, 0.3) is 5.91 Å². The molecule has 3 aromatic rings. The molecule has 2 aromatic heterocycles. The number of piperazine rings is 1. The highest BCUT2D eigenvalue weighted by Gasteiger charge is 2.34. The number of nitrogens with zero attached hydrogens (tertiary/aromatic N) is 7. The van der Waals surface area contributed by atoms with Crippen molar-refractivity contribution in [3.05, 3.63) is 54.1 Å². The van der Waals surface area contributed by atoms with E-state index in [0.717, 1.165) is 17.0 Å². The molecular weight excluding hydrogens is 568 g/mol. The first kappa shape index (κ1) is 29.7. The summed E-state index contributed by atoms with van der Waals surface area (Å²) < 4.78 is 42.2. The van der Waals surface area contributed by atoms with Crippen LogP contribution >= 0.6 is 0 Å². The van der Waals surface area contributed by atoms with Gasteiger partial charge in [-0.15, -0.1) is 0 Å². The molecule has 4 heterocycles. The van der Waals surface area contributed by atoms with Gasteiger partial charge in [0.2, 0.25) is 11.7 Å². The normalized spacial score (nSPS) is 16.9. The first-order valence-corrected chi connectivity index (χ1v) is 13.8. The third kappa shape index (κ3) is 6.49. The molecule has 3 amide bonds. The van der Waals surface area contributed by atoms with E-state index in [0.29, 0.717) is 5.78 Å². The zero-order valence-electron chi connectivity index (χ0n) is 23.7. The number of cyclic esters (lactones) is 1. The lowest BCUT2D eigenvalue weighted by Gasteiger charge is -2.37. The number of hydrogen-bond donors (Lipinski definition) is 0. The first-order valence-electron chi connectivity index (χ1n) is 13.8. The van der Waals surface area contributed by atoms with Crippen LogP contribution in [-0.4, -0.2) is 107 Å². The van der Waals surface area contributed by atoms with Crippen molar-refractivity contribution in [2.75, 3.05) is 62.7 Å². The van der Waals surface area contributed by atoms with Gasteiger partial charge in [0.15, 0.2) is 11.6 Å². The molecule has 2 saturated heterocycles. The van der Waals surface area contributed by atoms with E-state index in [4.69, 9.17) is 9.47 Å². The van der Waals surface area contributed by atoms with Crippen LogP contribution in [0.5, 0.6) is 0 Å². The quantitative estimate of drug-likeness (QED) is 0.340. The number of esters is 1. The van der Waals surface area contributed by atoms with E-state index in [1.54, 1.807) is 29.8 Å². The Morgan fingerprint density at radius 1 is 1.14 bits per heavy atom. The highest BCUT2D eigenvalue weighted by Crippen LogP contribution is 2.32. The number of imidazole rings is 1. The molecule has 2 aliphatic heterocycles. The van der Waals surface area contributed by atoms with Crippen LogP contribution in [0.2, 0.25) is 0 Å². The van der Waals surface area contributed by atoms with E-state index < -0.39 is 35.7 Å². The molecule has 5 rings (SSSR count). The Bertz CT molecular complexity index is 1480. The average molecular weight is 600 g/mol. The molecule has 0 aliphatic carbocycles. The number of likely N-dealkylation sites (N-methyl/N-ethyl adjacent to an activating group) is 1. The number of carbonyl (C=O) groups is 4. The summed E-state index contributed by atoms with van der Waals surface area (Å²) in [7, 11) is 1.50. The molecule has 0 unspecified atom stereocenters. The number of carbonyl (C=O) groups excluding carboxylic acids is 4. The lowest BCUT2D eigenvalue weighted by Crippen LogP contribution is -2.51. The predicted octanol–water partition coefficient (Wildman–Crippen LogP) is 2.10. The number of anilines is 2. The van der Waals surface area contributed by atoms with Crippen LogP contribution in [-0.2, 0) is 19.1 Å². The third-order valence-corrected chi connectivity index (χ3v) is 7.29. The number of halogens is 2. The molecule has 0 N–H and O–H groups in total. The van der Waals surface area contributed by atoms with Crippen molar-refractivity contribution in [1.29, 1.82) is 0 Å². The second-order valence-electron chi connectivity index (χ2n) is 10.2. The zero-order valence-corrected chi connectivity index (χ0v) is 23.7. The van der Waals surface area contributed by atoms with Gasteiger partial charge in [-0.05, 0) is 19.4 Å². The Labute approximate surface area is 245 Å². The number of amides is 3. The fourth-order valence-electron chi connectivity index (χ4n) is 5.09. The van der Waals surface area contributed by atoms with Crippen molar-refractivity contribution >= 4 is 41.0 Å². The minimum absolute atomic E-state index is 0.00490. The van der Waals surface area contributed by atoms with Crippen LogP contribution in [0.3, 0.4) is 0 Å². The van der Waals surface area contributed by atoms with Crippen LogP contribution in [0.1, 0.15) is 30.3 Å². The maximum Gasteiger partial charge on any atom is 0.414 e. The predicted molar refractivity (Wildman–Crippen MR) is 149 cm³/mol. The summed E-state index contributed by atoms with van der Waals surface area (Å²) in [5.41, 5.74) is -0.0945. The van der Waals surface area contributed by atoms with Gasteiger partial charge in [-0.25, -0.2) is 23.5 Å². The molecule has 0 radical (unpaired) electrons. The largest absolute Gasteiger partial charge is 0.466 e. The minimum atomic E-state index is -0.857. The zero-order chi connectivity index (χ0) is 30.7. The summed E-state index contributed by atoms with van der Waals surface area (Å²) in [5, 5.41) is 0. The molecule has 43 heavy (non-hydrogen) atoms. The molecule has 1 atom stereocenters. The second-order valence-corrected chi connectivity index (χ2v) is 10.2.